The van der Waals surface area contributed by atoms with Crippen molar-refractivity contribution >= 4 is 5.82 Å². The minimum Gasteiger partial charge on any atom is -0.368 e. The number of anilines is 1. The van der Waals surface area contributed by atoms with Crippen LogP contribution in [0.2, 0.25) is 0 Å². The van der Waals surface area contributed by atoms with E-state index in [1.807, 2.05) is 20.0 Å². The molecule has 1 aliphatic rings. The first-order valence-corrected chi connectivity index (χ1v) is 6.83. The van der Waals surface area contributed by atoms with E-state index in [1.54, 1.807) is 0 Å². The van der Waals surface area contributed by atoms with Gasteiger partial charge in [0, 0.05) is 12.7 Å². The normalized spacial score (nSPS) is 21.2. The third-order valence-corrected chi connectivity index (χ3v) is 3.76. The Balaban J connectivity index is 1.59. The van der Waals surface area contributed by atoms with Gasteiger partial charge in [-0.25, -0.2) is 4.98 Å². The maximum atomic E-state index is 4.50. The Hall–Kier alpha value is -1.90. The number of aryl methyl sites for hydroxylation is 2. The van der Waals surface area contributed by atoms with E-state index in [-0.39, 0.29) is 0 Å². The van der Waals surface area contributed by atoms with E-state index in [0.717, 1.165) is 29.7 Å². The molecule has 1 aromatic heterocycles. The first-order chi connectivity index (χ1) is 9.24. The van der Waals surface area contributed by atoms with Gasteiger partial charge < -0.3 is 5.32 Å². The molecule has 0 radical (unpaired) electrons. The molecule has 1 aliphatic carbocycles. The van der Waals surface area contributed by atoms with E-state index in [1.165, 1.54) is 12.0 Å². The molecule has 0 bridgehead atoms. The summed E-state index contributed by atoms with van der Waals surface area (Å²) in [7, 11) is 0. The van der Waals surface area contributed by atoms with Gasteiger partial charge in [0.25, 0.3) is 0 Å². The molecule has 19 heavy (non-hydrogen) atoms. The summed E-state index contributed by atoms with van der Waals surface area (Å²) < 4.78 is 0. The van der Waals surface area contributed by atoms with Crippen LogP contribution in [0.4, 0.5) is 5.82 Å². The van der Waals surface area contributed by atoms with Crippen molar-refractivity contribution < 1.29 is 0 Å². The zero-order valence-electron chi connectivity index (χ0n) is 11.4. The second-order valence-corrected chi connectivity index (χ2v) is 5.34. The van der Waals surface area contributed by atoms with E-state index in [0.29, 0.717) is 5.92 Å². The predicted octanol–water partition coefficient (Wildman–Crippen LogP) is 3.31. The number of rotatable bonds is 4. The summed E-state index contributed by atoms with van der Waals surface area (Å²) in [6.07, 6.45) is 3.08. The van der Waals surface area contributed by atoms with Crippen molar-refractivity contribution in [3.8, 4) is 0 Å². The van der Waals surface area contributed by atoms with E-state index < -0.39 is 0 Å². The Labute approximate surface area is 114 Å². The van der Waals surface area contributed by atoms with Gasteiger partial charge in [0.15, 0.2) is 0 Å². The zero-order chi connectivity index (χ0) is 13.2. The fraction of sp³-hybridized carbons (Fsp3) is 0.375. The molecule has 1 saturated carbocycles. The smallest absolute Gasteiger partial charge is 0.147 e. The van der Waals surface area contributed by atoms with Crippen molar-refractivity contribution in [2.24, 2.45) is 5.92 Å². The highest BCUT2D eigenvalue weighted by Gasteiger charge is 2.37. The molecule has 2 aromatic rings. The number of benzene rings is 1. The van der Waals surface area contributed by atoms with Crippen LogP contribution in [0.5, 0.6) is 0 Å². The topological polar surface area (TPSA) is 37.8 Å². The summed E-state index contributed by atoms with van der Waals surface area (Å²) >= 11 is 0. The Morgan fingerprint density at radius 2 is 2.00 bits per heavy atom. The minimum atomic E-state index is 0.715. The molecule has 0 saturated heterocycles. The van der Waals surface area contributed by atoms with Gasteiger partial charge in [-0.05, 0) is 37.7 Å². The molecule has 2 atom stereocenters. The molecule has 0 aliphatic heterocycles. The van der Waals surface area contributed by atoms with Gasteiger partial charge in [-0.3, -0.25) is 4.98 Å². The van der Waals surface area contributed by atoms with Crippen LogP contribution in [0, 0.1) is 19.8 Å². The molecule has 3 rings (SSSR count). The molecule has 98 valence electrons. The number of hydrogen-bond acceptors (Lipinski definition) is 3. The fourth-order valence-corrected chi connectivity index (χ4v) is 2.51. The van der Waals surface area contributed by atoms with Crippen LogP contribution in [0.1, 0.15) is 29.3 Å². The van der Waals surface area contributed by atoms with Gasteiger partial charge in [0.2, 0.25) is 0 Å². The van der Waals surface area contributed by atoms with Gasteiger partial charge in [0.05, 0.1) is 11.4 Å². The molecule has 1 N–H and O–H groups in total. The van der Waals surface area contributed by atoms with Gasteiger partial charge in [-0.1, -0.05) is 30.3 Å². The quantitative estimate of drug-likeness (QED) is 0.908. The number of aromatic nitrogens is 2. The Morgan fingerprint density at radius 3 is 2.79 bits per heavy atom. The Kier molecular flexibility index (Phi) is 3.20. The first-order valence-electron chi connectivity index (χ1n) is 6.83. The molecular weight excluding hydrogens is 234 g/mol. The highest BCUT2D eigenvalue weighted by Crippen LogP contribution is 2.47. The van der Waals surface area contributed by atoms with Crippen LogP contribution in [0.3, 0.4) is 0 Å². The lowest BCUT2D eigenvalue weighted by Gasteiger charge is -2.08. The summed E-state index contributed by atoms with van der Waals surface area (Å²) in [4.78, 5) is 8.83. The van der Waals surface area contributed by atoms with Gasteiger partial charge in [-0.15, -0.1) is 0 Å². The molecule has 1 fully saturated rings. The number of nitrogens with one attached hydrogen (secondary N) is 1. The third kappa shape index (κ3) is 2.75. The van der Waals surface area contributed by atoms with E-state index in [2.05, 4.69) is 45.6 Å². The molecule has 1 aromatic carbocycles. The predicted molar refractivity (Wildman–Crippen MR) is 77.3 cm³/mol. The summed E-state index contributed by atoms with van der Waals surface area (Å²) in [5.74, 6) is 2.37. The standard InChI is InChI=1S/C16H19N3/c1-11-9-17-12(2)16(19-11)18-10-14-8-15(14)13-6-4-3-5-7-13/h3-7,9,14-15H,8,10H2,1-2H3,(H,18,19). The maximum Gasteiger partial charge on any atom is 0.147 e. The molecule has 3 nitrogen and oxygen atoms in total. The van der Waals surface area contributed by atoms with Gasteiger partial charge in [0.1, 0.15) is 5.82 Å². The molecular formula is C16H19N3. The van der Waals surface area contributed by atoms with Crippen LogP contribution in [-0.2, 0) is 0 Å². The van der Waals surface area contributed by atoms with Crippen LogP contribution >= 0.6 is 0 Å². The second kappa shape index (κ2) is 5.00. The Morgan fingerprint density at radius 1 is 1.21 bits per heavy atom. The molecule has 0 spiro atoms. The molecule has 2 unspecified atom stereocenters. The van der Waals surface area contributed by atoms with Crippen LogP contribution in [0.15, 0.2) is 36.5 Å². The highest BCUT2D eigenvalue weighted by molar-refractivity contribution is 5.40. The van der Waals surface area contributed by atoms with Crippen LogP contribution < -0.4 is 5.32 Å². The fourth-order valence-electron chi connectivity index (χ4n) is 2.51. The highest BCUT2D eigenvalue weighted by atomic mass is 15.0. The van der Waals surface area contributed by atoms with Gasteiger partial charge in [-0.2, -0.15) is 0 Å². The summed E-state index contributed by atoms with van der Waals surface area (Å²) in [6.45, 7) is 4.95. The lowest BCUT2D eigenvalue weighted by Crippen LogP contribution is -2.09. The van der Waals surface area contributed by atoms with Crippen molar-refractivity contribution in [1.82, 2.24) is 9.97 Å². The number of nitrogens with zero attached hydrogens (tertiary/aromatic N) is 2. The average molecular weight is 253 g/mol. The minimum absolute atomic E-state index is 0.715. The summed E-state index contributed by atoms with van der Waals surface area (Å²) in [5.41, 5.74) is 3.40. The molecule has 3 heteroatoms. The lowest BCUT2D eigenvalue weighted by molar-refractivity contribution is 0.835. The molecule has 1 heterocycles. The second-order valence-electron chi connectivity index (χ2n) is 5.34. The van der Waals surface area contributed by atoms with E-state index >= 15 is 0 Å². The maximum absolute atomic E-state index is 4.50. The average Bonchev–Trinajstić information content (AvgIpc) is 3.20. The SMILES string of the molecule is Cc1cnc(C)c(NCC2CC2c2ccccc2)n1. The van der Waals surface area contributed by atoms with Crippen LogP contribution in [-0.4, -0.2) is 16.5 Å². The van der Waals surface area contributed by atoms with E-state index in [9.17, 15) is 0 Å². The molecule has 0 amide bonds. The summed E-state index contributed by atoms with van der Waals surface area (Å²) in [6, 6.07) is 10.8. The monoisotopic (exact) mass is 253 g/mol. The largest absolute Gasteiger partial charge is 0.368 e. The van der Waals surface area contributed by atoms with Crippen molar-refractivity contribution in [2.75, 3.05) is 11.9 Å². The van der Waals surface area contributed by atoms with Crippen molar-refractivity contribution in [3.05, 3.63) is 53.5 Å². The van der Waals surface area contributed by atoms with Crippen LogP contribution in [0.25, 0.3) is 0 Å². The Bertz CT molecular complexity index is 565. The van der Waals surface area contributed by atoms with E-state index in [4.69, 9.17) is 0 Å². The third-order valence-electron chi connectivity index (χ3n) is 3.76. The van der Waals surface area contributed by atoms with Crippen molar-refractivity contribution in [3.63, 3.8) is 0 Å². The summed E-state index contributed by atoms with van der Waals surface area (Å²) in [5, 5.41) is 3.44. The van der Waals surface area contributed by atoms with Crippen molar-refractivity contribution in [2.45, 2.75) is 26.2 Å². The number of hydrogen-bond donors (Lipinski definition) is 1. The zero-order valence-corrected chi connectivity index (χ0v) is 11.4. The lowest BCUT2D eigenvalue weighted by atomic mass is 10.1. The first kappa shape index (κ1) is 12.2. The van der Waals surface area contributed by atoms with Gasteiger partial charge >= 0.3 is 0 Å². The van der Waals surface area contributed by atoms with Crippen molar-refractivity contribution in [1.29, 1.82) is 0 Å².